The van der Waals surface area contributed by atoms with Crippen LogP contribution in [0.25, 0.3) is 0 Å². The minimum Gasteiger partial charge on any atom is -0.299 e. The van der Waals surface area contributed by atoms with Crippen LogP contribution in [0.5, 0.6) is 0 Å². The third-order valence-electron chi connectivity index (χ3n) is 2.85. The Morgan fingerprint density at radius 3 is 3.20 bits per heavy atom. The lowest BCUT2D eigenvalue weighted by Crippen LogP contribution is -2.43. The average Bonchev–Trinajstić information content (AvgIpc) is 2.33. The topological polar surface area (TPSA) is 17.1 Å². The van der Waals surface area contributed by atoms with E-state index in [1.165, 1.54) is 0 Å². The maximum absolute atomic E-state index is 11.2. The summed E-state index contributed by atoms with van der Waals surface area (Å²) in [6.45, 7) is 2.10. The van der Waals surface area contributed by atoms with Crippen LogP contribution in [0.15, 0.2) is 12.2 Å². The molecule has 0 N–H and O–H groups in total. The highest BCUT2D eigenvalue weighted by Gasteiger charge is 2.47. The maximum Gasteiger partial charge on any atom is 0.140 e. The summed E-state index contributed by atoms with van der Waals surface area (Å²) in [6, 6.07) is 0. The van der Waals surface area contributed by atoms with Crippen LogP contribution in [0.2, 0.25) is 0 Å². The van der Waals surface area contributed by atoms with Gasteiger partial charge in [-0.05, 0) is 18.8 Å². The van der Waals surface area contributed by atoms with Gasteiger partial charge in [0.05, 0.1) is 0 Å². The SMILES string of the molecule is CC[C@@H]1C(=O)[C@@H]2CC=C[C@H]12. The molecule has 10 heavy (non-hydrogen) atoms. The average molecular weight is 136 g/mol. The monoisotopic (exact) mass is 136 g/mol. The lowest BCUT2D eigenvalue weighted by Gasteiger charge is -2.37. The van der Waals surface area contributed by atoms with E-state index < -0.39 is 0 Å². The molecule has 0 unspecified atom stereocenters. The molecular weight excluding hydrogens is 124 g/mol. The first-order valence-corrected chi connectivity index (χ1v) is 4.05. The fraction of sp³-hybridized carbons (Fsp3) is 0.667. The number of fused-ring (bicyclic) bond motifs is 1. The lowest BCUT2D eigenvalue weighted by molar-refractivity contribution is -0.139. The van der Waals surface area contributed by atoms with Crippen LogP contribution in [0.3, 0.4) is 0 Å². The Labute approximate surface area is 61.1 Å². The number of allylic oxidation sites excluding steroid dienone is 2. The second kappa shape index (κ2) is 1.94. The molecule has 0 aromatic heterocycles. The van der Waals surface area contributed by atoms with Crippen LogP contribution in [-0.4, -0.2) is 5.78 Å². The van der Waals surface area contributed by atoms with Crippen molar-refractivity contribution in [3.63, 3.8) is 0 Å². The molecule has 0 aromatic rings. The number of Topliss-reactive ketones (excluding diaryl/α,β-unsaturated/α-hetero) is 1. The van der Waals surface area contributed by atoms with Gasteiger partial charge in [-0.25, -0.2) is 0 Å². The molecule has 0 spiro atoms. The summed E-state index contributed by atoms with van der Waals surface area (Å²) in [5.74, 6) is 1.91. The quantitative estimate of drug-likeness (QED) is 0.502. The number of hydrogen-bond acceptors (Lipinski definition) is 1. The second-order valence-corrected chi connectivity index (χ2v) is 3.26. The van der Waals surface area contributed by atoms with E-state index in [-0.39, 0.29) is 0 Å². The van der Waals surface area contributed by atoms with E-state index in [4.69, 9.17) is 0 Å². The van der Waals surface area contributed by atoms with Crippen molar-refractivity contribution < 1.29 is 4.79 Å². The number of ketones is 1. The molecule has 0 radical (unpaired) electrons. The van der Waals surface area contributed by atoms with Gasteiger partial charge in [0.2, 0.25) is 0 Å². The highest BCUT2D eigenvalue weighted by Crippen LogP contribution is 2.45. The number of rotatable bonds is 1. The van der Waals surface area contributed by atoms with Crippen molar-refractivity contribution in [2.24, 2.45) is 17.8 Å². The van der Waals surface area contributed by atoms with Gasteiger partial charge in [0, 0.05) is 11.8 Å². The molecular formula is C9H12O. The Hall–Kier alpha value is -0.590. The number of hydrogen-bond donors (Lipinski definition) is 0. The Balaban J connectivity index is 2.13. The fourth-order valence-electron chi connectivity index (χ4n) is 2.21. The summed E-state index contributed by atoms with van der Waals surface area (Å²) in [7, 11) is 0. The molecule has 0 amide bonds. The summed E-state index contributed by atoms with van der Waals surface area (Å²) in [4.78, 5) is 11.2. The molecule has 1 saturated carbocycles. The zero-order chi connectivity index (χ0) is 7.14. The standard InChI is InChI=1S/C9H12O/c1-2-6-7-4-3-5-8(7)9(6)10/h3-4,6-8H,2,5H2,1H3/t6-,7+,8+/m0/s1. The van der Waals surface area contributed by atoms with Gasteiger partial charge in [0.25, 0.3) is 0 Å². The van der Waals surface area contributed by atoms with Gasteiger partial charge < -0.3 is 0 Å². The molecule has 0 saturated heterocycles. The fourth-order valence-corrected chi connectivity index (χ4v) is 2.21. The summed E-state index contributed by atoms with van der Waals surface area (Å²) < 4.78 is 0. The van der Waals surface area contributed by atoms with Gasteiger partial charge in [-0.2, -0.15) is 0 Å². The summed E-state index contributed by atoms with van der Waals surface area (Å²) in [5.41, 5.74) is 0. The predicted octanol–water partition coefficient (Wildman–Crippen LogP) is 1.79. The summed E-state index contributed by atoms with van der Waals surface area (Å²) in [5, 5.41) is 0. The molecule has 0 bridgehead atoms. The van der Waals surface area contributed by atoms with Crippen molar-refractivity contribution >= 4 is 5.78 Å². The zero-order valence-corrected chi connectivity index (χ0v) is 6.21. The summed E-state index contributed by atoms with van der Waals surface area (Å²) >= 11 is 0. The van der Waals surface area contributed by atoms with Crippen LogP contribution in [-0.2, 0) is 4.79 Å². The van der Waals surface area contributed by atoms with Gasteiger partial charge in [-0.1, -0.05) is 19.1 Å². The normalized spacial score (nSPS) is 43.3. The third-order valence-corrected chi connectivity index (χ3v) is 2.85. The van der Waals surface area contributed by atoms with Crippen molar-refractivity contribution in [3.05, 3.63) is 12.2 Å². The van der Waals surface area contributed by atoms with Crippen LogP contribution in [0.1, 0.15) is 19.8 Å². The van der Waals surface area contributed by atoms with E-state index in [0.717, 1.165) is 12.8 Å². The van der Waals surface area contributed by atoms with E-state index in [0.29, 0.717) is 23.5 Å². The Bertz CT molecular complexity index is 193. The van der Waals surface area contributed by atoms with E-state index in [1.54, 1.807) is 0 Å². The Morgan fingerprint density at radius 1 is 1.70 bits per heavy atom. The molecule has 2 rings (SSSR count). The van der Waals surface area contributed by atoms with Gasteiger partial charge in [-0.3, -0.25) is 4.79 Å². The molecule has 3 atom stereocenters. The lowest BCUT2D eigenvalue weighted by atomic mass is 9.64. The van der Waals surface area contributed by atoms with E-state index >= 15 is 0 Å². The van der Waals surface area contributed by atoms with Crippen LogP contribution in [0, 0.1) is 17.8 Å². The van der Waals surface area contributed by atoms with Crippen molar-refractivity contribution in [2.75, 3.05) is 0 Å². The Kier molecular flexibility index (Phi) is 1.19. The first-order valence-electron chi connectivity index (χ1n) is 4.05. The summed E-state index contributed by atoms with van der Waals surface area (Å²) in [6.07, 6.45) is 6.42. The van der Waals surface area contributed by atoms with Crippen molar-refractivity contribution in [1.82, 2.24) is 0 Å². The number of carbonyl (C=O) groups excluding carboxylic acids is 1. The third kappa shape index (κ3) is 0.556. The molecule has 0 heterocycles. The molecule has 54 valence electrons. The molecule has 0 aromatic carbocycles. The highest BCUT2D eigenvalue weighted by molar-refractivity contribution is 5.91. The van der Waals surface area contributed by atoms with Crippen LogP contribution in [0.4, 0.5) is 0 Å². The molecule has 1 heteroatoms. The van der Waals surface area contributed by atoms with Crippen molar-refractivity contribution in [3.8, 4) is 0 Å². The number of carbonyl (C=O) groups is 1. The predicted molar refractivity (Wildman–Crippen MR) is 39.5 cm³/mol. The minimum atomic E-state index is 0.378. The van der Waals surface area contributed by atoms with Gasteiger partial charge in [-0.15, -0.1) is 0 Å². The zero-order valence-electron chi connectivity index (χ0n) is 6.21. The molecule has 2 aliphatic rings. The van der Waals surface area contributed by atoms with Crippen molar-refractivity contribution in [2.45, 2.75) is 19.8 Å². The van der Waals surface area contributed by atoms with Crippen LogP contribution >= 0.6 is 0 Å². The van der Waals surface area contributed by atoms with Crippen LogP contribution < -0.4 is 0 Å². The van der Waals surface area contributed by atoms with E-state index in [1.807, 2.05) is 0 Å². The smallest absolute Gasteiger partial charge is 0.140 e. The largest absolute Gasteiger partial charge is 0.299 e. The first-order chi connectivity index (χ1) is 4.84. The van der Waals surface area contributed by atoms with Gasteiger partial charge >= 0.3 is 0 Å². The first kappa shape index (κ1) is 6.14. The molecule has 1 nitrogen and oxygen atoms in total. The molecule has 1 fully saturated rings. The maximum atomic E-state index is 11.2. The molecule has 2 aliphatic carbocycles. The Morgan fingerprint density at radius 2 is 2.50 bits per heavy atom. The minimum absolute atomic E-state index is 0.378. The van der Waals surface area contributed by atoms with Gasteiger partial charge in [0.1, 0.15) is 5.78 Å². The van der Waals surface area contributed by atoms with E-state index in [2.05, 4.69) is 19.1 Å². The van der Waals surface area contributed by atoms with Crippen molar-refractivity contribution in [1.29, 1.82) is 0 Å². The molecule has 0 aliphatic heterocycles. The highest BCUT2D eigenvalue weighted by atomic mass is 16.1. The van der Waals surface area contributed by atoms with E-state index in [9.17, 15) is 4.79 Å². The van der Waals surface area contributed by atoms with Gasteiger partial charge in [0.15, 0.2) is 0 Å². The second-order valence-electron chi connectivity index (χ2n) is 3.26.